The topological polar surface area (TPSA) is 66.4 Å². The van der Waals surface area contributed by atoms with Crippen LogP contribution in [0.4, 0.5) is 0 Å². The van der Waals surface area contributed by atoms with Crippen LogP contribution in [-0.4, -0.2) is 17.4 Å². The molecule has 4 nitrogen and oxygen atoms in total. The summed E-state index contributed by atoms with van der Waals surface area (Å²) in [6.07, 6.45) is 17.2. The predicted molar refractivity (Wildman–Crippen MR) is 80.3 cm³/mol. The van der Waals surface area contributed by atoms with E-state index in [1.165, 1.54) is 51.4 Å². The maximum absolute atomic E-state index is 10.8. The van der Waals surface area contributed by atoms with Gasteiger partial charge >= 0.3 is 0 Å². The molecule has 0 rings (SSSR count). The second-order valence-electron chi connectivity index (χ2n) is 5.42. The average molecular weight is 284 g/mol. The molecular weight excluding hydrogens is 254 g/mol. The van der Waals surface area contributed by atoms with Gasteiger partial charge in [0.15, 0.2) is 6.29 Å². The molecule has 1 radical (unpaired) electrons. The molecule has 0 unspecified atom stereocenters. The van der Waals surface area contributed by atoms with Gasteiger partial charge in [-0.3, -0.25) is 14.8 Å². The fourth-order valence-corrected chi connectivity index (χ4v) is 2.31. The van der Waals surface area contributed by atoms with Crippen molar-refractivity contribution in [2.75, 3.05) is 0 Å². The van der Waals surface area contributed by atoms with Gasteiger partial charge < -0.3 is 0 Å². The highest BCUT2D eigenvalue weighted by Gasteiger charge is 1.98. The van der Waals surface area contributed by atoms with Crippen LogP contribution in [0.25, 0.3) is 0 Å². The zero-order valence-electron chi connectivity index (χ0n) is 12.7. The van der Waals surface area contributed by atoms with E-state index in [0.717, 1.165) is 25.7 Å². The summed E-state index contributed by atoms with van der Waals surface area (Å²) in [5, 5.41) is 8.32. The van der Waals surface area contributed by atoms with Gasteiger partial charge in [-0.1, -0.05) is 64.2 Å². The fourth-order valence-electron chi connectivity index (χ4n) is 2.31. The zero-order chi connectivity index (χ0) is 14.9. The Balaban J connectivity index is 2.99. The van der Waals surface area contributed by atoms with Gasteiger partial charge in [0.2, 0.25) is 5.91 Å². The lowest BCUT2D eigenvalue weighted by atomic mass is 10.0. The van der Waals surface area contributed by atoms with Gasteiger partial charge in [0.05, 0.1) is 0 Å². The van der Waals surface area contributed by atoms with E-state index in [9.17, 15) is 9.59 Å². The lowest BCUT2D eigenvalue weighted by molar-refractivity contribution is -0.129. The Bertz CT molecular complexity index is 232. The van der Waals surface area contributed by atoms with E-state index < -0.39 is 0 Å². The highest BCUT2D eigenvalue weighted by molar-refractivity contribution is 5.74. The number of carbonyl (C=O) groups is 1. The second kappa shape index (κ2) is 16.2. The third kappa shape index (κ3) is 15.2. The van der Waals surface area contributed by atoms with Crippen LogP contribution < -0.4 is 5.48 Å². The van der Waals surface area contributed by atoms with Crippen molar-refractivity contribution < 1.29 is 14.8 Å². The summed E-state index contributed by atoms with van der Waals surface area (Å²) in [5.74, 6) is -0.281. The van der Waals surface area contributed by atoms with Gasteiger partial charge in [0.25, 0.3) is 0 Å². The number of hydrogen-bond acceptors (Lipinski definition) is 3. The van der Waals surface area contributed by atoms with Crippen LogP contribution in [0.3, 0.4) is 0 Å². The second-order valence-corrected chi connectivity index (χ2v) is 5.42. The largest absolute Gasteiger partial charge is 0.291 e. The van der Waals surface area contributed by atoms with E-state index in [1.807, 2.05) is 6.29 Å². The Kier molecular flexibility index (Phi) is 15.4. The Morgan fingerprint density at radius 2 is 1.15 bits per heavy atom. The van der Waals surface area contributed by atoms with Crippen molar-refractivity contribution in [2.45, 2.75) is 89.9 Å². The van der Waals surface area contributed by atoms with Crippen molar-refractivity contribution in [3.63, 3.8) is 0 Å². The van der Waals surface area contributed by atoms with Crippen molar-refractivity contribution in [1.29, 1.82) is 0 Å². The lowest BCUT2D eigenvalue weighted by Crippen LogP contribution is -2.17. The smallest absolute Gasteiger partial charge is 0.243 e. The van der Waals surface area contributed by atoms with E-state index in [4.69, 9.17) is 5.21 Å². The Morgan fingerprint density at radius 1 is 0.750 bits per heavy atom. The molecule has 0 saturated carbocycles. The number of hydrogen-bond donors (Lipinski definition) is 2. The van der Waals surface area contributed by atoms with Gasteiger partial charge in [-0.25, -0.2) is 5.48 Å². The molecule has 0 aliphatic rings. The molecule has 0 heterocycles. The average Bonchev–Trinajstić information content (AvgIpc) is 2.47. The first-order chi connectivity index (χ1) is 9.81. The van der Waals surface area contributed by atoms with Crippen molar-refractivity contribution in [2.24, 2.45) is 0 Å². The van der Waals surface area contributed by atoms with Crippen LogP contribution in [0.2, 0.25) is 0 Å². The maximum Gasteiger partial charge on any atom is 0.243 e. The molecule has 0 aromatic rings. The minimum absolute atomic E-state index is 0.281. The highest BCUT2D eigenvalue weighted by Crippen LogP contribution is 2.12. The number of rotatable bonds is 15. The lowest BCUT2D eigenvalue weighted by Gasteiger charge is -2.02. The molecule has 0 aromatic heterocycles. The molecule has 2 N–H and O–H groups in total. The summed E-state index contributed by atoms with van der Waals surface area (Å²) in [6, 6.07) is 0. The Hall–Kier alpha value is -0.900. The van der Waals surface area contributed by atoms with Gasteiger partial charge in [-0.05, 0) is 12.8 Å². The van der Waals surface area contributed by atoms with Crippen molar-refractivity contribution in [3.05, 3.63) is 0 Å². The molecule has 0 saturated heterocycles. The fraction of sp³-hybridized carbons (Fsp3) is 0.875. The molecule has 0 aromatic carbocycles. The molecule has 0 atom stereocenters. The van der Waals surface area contributed by atoms with E-state index in [2.05, 4.69) is 0 Å². The molecule has 117 valence electrons. The van der Waals surface area contributed by atoms with Crippen LogP contribution in [0, 0.1) is 0 Å². The molecule has 20 heavy (non-hydrogen) atoms. The van der Waals surface area contributed by atoms with Gasteiger partial charge in [-0.15, -0.1) is 0 Å². The van der Waals surface area contributed by atoms with Gasteiger partial charge in [-0.2, -0.15) is 0 Å². The van der Waals surface area contributed by atoms with Crippen molar-refractivity contribution >= 4 is 12.2 Å². The molecule has 0 spiro atoms. The van der Waals surface area contributed by atoms with Crippen LogP contribution in [0.5, 0.6) is 0 Å². The molecule has 0 fully saturated rings. The van der Waals surface area contributed by atoms with Crippen LogP contribution in [0.1, 0.15) is 89.9 Å². The molecule has 1 amide bonds. The molecular formula is C16H30NO3. The zero-order valence-corrected chi connectivity index (χ0v) is 12.7. The number of carbonyl (C=O) groups excluding carboxylic acids is 2. The third-order valence-corrected chi connectivity index (χ3v) is 3.56. The maximum atomic E-state index is 10.8. The molecule has 4 heteroatoms. The highest BCUT2D eigenvalue weighted by atomic mass is 16.5. The minimum Gasteiger partial charge on any atom is -0.291 e. The third-order valence-electron chi connectivity index (χ3n) is 3.56. The summed E-state index contributed by atoms with van der Waals surface area (Å²) < 4.78 is 0. The van der Waals surface area contributed by atoms with E-state index in [1.54, 1.807) is 5.48 Å². The van der Waals surface area contributed by atoms with E-state index in [0.29, 0.717) is 12.8 Å². The predicted octanol–water partition coefficient (Wildman–Crippen LogP) is 4.06. The van der Waals surface area contributed by atoms with Crippen LogP contribution in [0.15, 0.2) is 0 Å². The number of amides is 1. The number of hydroxylamine groups is 1. The van der Waals surface area contributed by atoms with Crippen molar-refractivity contribution in [1.82, 2.24) is 5.48 Å². The summed E-state index contributed by atoms with van der Waals surface area (Å²) in [5.41, 5.74) is 1.65. The standard InChI is InChI=1S/C16H30NO3/c18-15-13-11-9-7-5-3-1-2-4-6-8-10-12-14-16(19)17-20/h20H,1-14H2,(H,17,19). The Labute approximate surface area is 123 Å². The number of nitrogens with one attached hydrogen (secondary N) is 1. The molecule has 0 aliphatic heterocycles. The van der Waals surface area contributed by atoms with Crippen LogP contribution in [-0.2, 0) is 9.59 Å². The normalized spacial score (nSPS) is 10.4. The summed E-state index contributed by atoms with van der Waals surface area (Å²) in [6.45, 7) is 0. The monoisotopic (exact) mass is 284 g/mol. The van der Waals surface area contributed by atoms with Crippen LogP contribution >= 0.6 is 0 Å². The summed E-state index contributed by atoms with van der Waals surface area (Å²) in [4.78, 5) is 20.7. The first-order valence-corrected chi connectivity index (χ1v) is 8.09. The molecule has 0 aliphatic carbocycles. The van der Waals surface area contributed by atoms with Gasteiger partial charge in [0.1, 0.15) is 0 Å². The SMILES string of the molecule is O=[C]CCCCCCCCCCCCCCC(=O)NO. The quantitative estimate of drug-likeness (QED) is 0.271. The minimum atomic E-state index is -0.281. The van der Waals surface area contributed by atoms with E-state index >= 15 is 0 Å². The first-order valence-electron chi connectivity index (χ1n) is 8.09. The Morgan fingerprint density at radius 3 is 1.55 bits per heavy atom. The van der Waals surface area contributed by atoms with Crippen molar-refractivity contribution in [3.8, 4) is 0 Å². The molecule has 0 bridgehead atoms. The van der Waals surface area contributed by atoms with E-state index in [-0.39, 0.29) is 5.91 Å². The summed E-state index contributed by atoms with van der Waals surface area (Å²) in [7, 11) is 0. The summed E-state index contributed by atoms with van der Waals surface area (Å²) >= 11 is 0. The number of unbranched alkanes of at least 4 members (excludes halogenated alkanes) is 12. The first kappa shape index (κ1) is 19.1. The van der Waals surface area contributed by atoms with Gasteiger partial charge in [0, 0.05) is 12.8 Å².